The Morgan fingerprint density at radius 3 is 0.780 bits per heavy atom. The molecule has 2 unspecified atom stereocenters. The summed E-state index contributed by atoms with van der Waals surface area (Å²) in [6.45, 7) is 5.00. The number of ether oxygens (including phenoxy) is 1. The fourth-order valence-electron chi connectivity index (χ4n) is 13.6. The molecule has 0 aromatic carbocycles. The van der Waals surface area contributed by atoms with Crippen LogP contribution in [-0.4, -0.2) is 47.4 Å². The van der Waals surface area contributed by atoms with Gasteiger partial charge in [-0.3, -0.25) is 9.59 Å². The Balaban J connectivity index is 3.30. The van der Waals surface area contributed by atoms with Gasteiger partial charge in [-0.15, -0.1) is 0 Å². The first kappa shape index (κ1) is 89.3. The van der Waals surface area contributed by atoms with Crippen LogP contribution in [-0.2, 0) is 14.3 Å². The first-order valence-electron chi connectivity index (χ1n) is 42.1. The lowest BCUT2D eigenvalue weighted by atomic mass is 10.0. The molecule has 0 aromatic rings. The lowest BCUT2D eigenvalue weighted by Crippen LogP contribution is -2.45. The standard InChI is InChI=1S/C85H165NO5/c1-3-5-7-9-11-13-15-17-19-21-43-47-51-55-59-63-67-71-75-79-85(90)91-80-76-72-68-64-60-56-52-48-45-42-40-38-36-34-32-30-28-26-24-22-23-25-27-29-31-33-35-37-39-41-44-46-50-54-58-62-66-70-74-78-84(89)86-82(81-87)83(88)77-73-69-65-61-57-53-49-20-18-16-14-12-10-8-6-4-2/h17,19,22-23,82-83,87-88H,3-16,18,20-21,24-81H2,1-2H3,(H,86,89)/b19-17-,23-22-. The fraction of sp³-hybridized carbons (Fsp3) is 0.929. The minimum Gasteiger partial charge on any atom is -0.466 e. The SMILES string of the molecule is CCCCCCCC/C=C\CCCCCCCCCCCC(=O)OCCCCCCCCCCCCCCCCCCCC/C=C\CCCCCCCCCCCCCCCCCCCC(=O)NC(CO)C(O)CCCCCCCCCCCCCCCCCC. The normalized spacial score (nSPS) is 12.5. The third-order valence-corrected chi connectivity index (χ3v) is 20.0. The summed E-state index contributed by atoms with van der Waals surface area (Å²) in [5, 5.41) is 23.4. The number of aliphatic hydroxyl groups is 2. The van der Waals surface area contributed by atoms with Crippen LogP contribution < -0.4 is 5.32 Å². The number of hydrogen-bond donors (Lipinski definition) is 3. The molecule has 2 atom stereocenters. The van der Waals surface area contributed by atoms with Crippen molar-refractivity contribution in [2.75, 3.05) is 13.2 Å². The molecule has 0 aliphatic carbocycles. The smallest absolute Gasteiger partial charge is 0.305 e. The molecule has 0 aliphatic heterocycles. The van der Waals surface area contributed by atoms with Crippen LogP contribution in [0, 0.1) is 0 Å². The van der Waals surface area contributed by atoms with Crippen LogP contribution in [0.2, 0.25) is 0 Å². The molecule has 0 saturated heterocycles. The van der Waals surface area contributed by atoms with Crippen LogP contribution >= 0.6 is 0 Å². The second kappa shape index (κ2) is 80.8. The summed E-state index contributed by atoms with van der Waals surface area (Å²) in [5.74, 6) is -0.00325. The zero-order chi connectivity index (χ0) is 65.6. The molecule has 0 heterocycles. The Morgan fingerprint density at radius 2 is 0.516 bits per heavy atom. The topological polar surface area (TPSA) is 95.9 Å². The zero-order valence-electron chi connectivity index (χ0n) is 62.1. The third kappa shape index (κ3) is 77.2. The maximum absolute atomic E-state index is 12.5. The lowest BCUT2D eigenvalue weighted by Gasteiger charge is -2.22. The van der Waals surface area contributed by atoms with E-state index in [0.29, 0.717) is 25.9 Å². The zero-order valence-corrected chi connectivity index (χ0v) is 62.1. The van der Waals surface area contributed by atoms with Crippen molar-refractivity contribution < 1.29 is 24.5 Å². The van der Waals surface area contributed by atoms with Gasteiger partial charge in [0.2, 0.25) is 5.91 Å². The van der Waals surface area contributed by atoms with Crippen molar-refractivity contribution in [2.24, 2.45) is 0 Å². The van der Waals surface area contributed by atoms with E-state index in [1.165, 1.54) is 411 Å². The van der Waals surface area contributed by atoms with Gasteiger partial charge in [0, 0.05) is 12.8 Å². The number of amides is 1. The quantitative estimate of drug-likeness (QED) is 0.0320. The van der Waals surface area contributed by atoms with Gasteiger partial charge in [-0.05, 0) is 77.0 Å². The molecule has 91 heavy (non-hydrogen) atoms. The highest BCUT2D eigenvalue weighted by molar-refractivity contribution is 5.76. The number of esters is 1. The molecule has 0 bridgehead atoms. The first-order valence-corrected chi connectivity index (χ1v) is 42.1. The largest absolute Gasteiger partial charge is 0.466 e. The number of nitrogens with one attached hydrogen (secondary N) is 1. The number of carbonyl (C=O) groups excluding carboxylic acids is 2. The van der Waals surface area contributed by atoms with Crippen molar-refractivity contribution in [2.45, 2.75) is 495 Å². The molecule has 0 aliphatic rings. The Labute approximate surface area is 571 Å². The fourth-order valence-corrected chi connectivity index (χ4v) is 13.6. The summed E-state index contributed by atoms with van der Waals surface area (Å²) in [5.41, 5.74) is 0. The lowest BCUT2D eigenvalue weighted by molar-refractivity contribution is -0.143. The van der Waals surface area contributed by atoms with E-state index in [1.54, 1.807) is 0 Å². The second-order valence-corrected chi connectivity index (χ2v) is 29.2. The van der Waals surface area contributed by atoms with Gasteiger partial charge in [0.05, 0.1) is 25.4 Å². The maximum Gasteiger partial charge on any atom is 0.305 e. The maximum atomic E-state index is 12.5. The Bertz CT molecular complexity index is 1430. The Hall–Kier alpha value is -1.66. The molecule has 0 rings (SSSR count). The predicted molar refractivity (Wildman–Crippen MR) is 403 cm³/mol. The molecule has 0 spiro atoms. The Kier molecular flexibility index (Phi) is 79.3. The average molecular weight is 1280 g/mol. The van der Waals surface area contributed by atoms with E-state index in [4.69, 9.17) is 4.74 Å². The number of carbonyl (C=O) groups is 2. The van der Waals surface area contributed by atoms with Crippen molar-refractivity contribution in [3.8, 4) is 0 Å². The van der Waals surface area contributed by atoms with Crippen LogP contribution in [0.5, 0.6) is 0 Å². The molecule has 3 N–H and O–H groups in total. The number of hydrogen-bond acceptors (Lipinski definition) is 5. The summed E-state index contributed by atoms with van der Waals surface area (Å²) >= 11 is 0. The minimum absolute atomic E-state index is 0.0231. The molecule has 6 heteroatoms. The number of aliphatic hydroxyl groups excluding tert-OH is 2. The van der Waals surface area contributed by atoms with E-state index in [0.717, 1.165) is 38.5 Å². The van der Waals surface area contributed by atoms with Gasteiger partial charge in [-0.25, -0.2) is 0 Å². The number of unbranched alkanes of at least 4 members (excludes halogenated alkanes) is 65. The van der Waals surface area contributed by atoms with E-state index in [1.807, 2.05) is 0 Å². The number of allylic oxidation sites excluding steroid dienone is 4. The highest BCUT2D eigenvalue weighted by atomic mass is 16.5. The molecule has 540 valence electrons. The van der Waals surface area contributed by atoms with Crippen LogP contribution in [0.15, 0.2) is 24.3 Å². The van der Waals surface area contributed by atoms with Crippen molar-refractivity contribution in [1.82, 2.24) is 5.32 Å². The summed E-state index contributed by atoms with van der Waals surface area (Å²) in [7, 11) is 0. The van der Waals surface area contributed by atoms with Gasteiger partial charge >= 0.3 is 5.97 Å². The average Bonchev–Trinajstić information content (AvgIpc) is 3.67. The summed E-state index contributed by atoms with van der Waals surface area (Å²) in [6, 6.07) is -0.538. The number of rotatable bonds is 80. The molecule has 1 amide bonds. The minimum atomic E-state index is -0.661. The second-order valence-electron chi connectivity index (χ2n) is 29.2. The summed E-state index contributed by atoms with van der Waals surface area (Å²) in [6.07, 6.45) is 104. The van der Waals surface area contributed by atoms with Crippen LogP contribution in [0.25, 0.3) is 0 Å². The highest BCUT2D eigenvalue weighted by Crippen LogP contribution is 2.20. The van der Waals surface area contributed by atoms with E-state index in [2.05, 4.69) is 43.5 Å². The molecule has 0 saturated carbocycles. The molecule has 0 aromatic heterocycles. The van der Waals surface area contributed by atoms with E-state index in [9.17, 15) is 19.8 Å². The van der Waals surface area contributed by atoms with Gasteiger partial charge < -0.3 is 20.3 Å². The van der Waals surface area contributed by atoms with Gasteiger partial charge in [0.1, 0.15) is 0 Å². The van der Waals surface area contributed by atoms with Crippen LogP contribution in [0.3, 0.4) is 0 Å². The molecule has 0 radical (unpaired) electrons. The van der Waals surface area contributed by atoms with E-state index in [-0.39, 0.29) is 18.5 Å². The van der Waals surface area contributed by atoms with Gasteiger partial charge in [-0.1, -0.05) is 417 Å². The highest BCUT2D eigenvalue weighted by Gasteiger charge is 2.20. The van der Waals surface area contributed by atoms with E-state index < -0.39 is 12.1 Å². The molecule has 6 nitrogen and oxygen atoms in total. The Morgan fingerprint density at radius 1 is 0.297 bits per heavy atom. The monoisotopic (exact) mass is 1280 g/mol. The van der Waals surface area contributed by atoms with Crippen molar-refractivity contribution in [3.63, 3.8) is 0 Å². The van der Waals surface area contributed by atoms with Gasteiger partial charge in [-0.2, -0.15) is 0 Å². The molecular weight excluding hydrogens is 1110 g/mol. The predicted octanol–water partition coefficient (Wildman–Crippen LogP) is 28.0. The van der Waals surface area contributed by atoms with E-state index >= 15 is 0 Å². The summed E-state index contributed by atoms with van der Waals surface area (Å²) in [4.78, 5) is 24.7. The summed E-state index contributed by atoms with van der Waals surface area (Å²) < 4.78 is 5.52. The third-order valence-electron chi connectivity index (χ3n) is 20.0. The van der Waals surface area contributed by atoms with Crippen molar-refractivity contribution in [1.29, 1.82) is 0 Å². The van der Waals surface area contributed by atoms with Crippen LogP contribution in [0.1, 0.15) is 483 Å². The van der Waals surface area contributed by atoms with Crippen LogP contribution in [0.4, 0.5) is 0 Å². The first-order chi connectivity index (χ1) is 45.0. The molecule has 0 fully saturated rings. The molecular formula is C85H165NO5. The van der Waals surface area contributed by atoms with Gasteiger partial charge in [0.15, 0.2) is 0 Å². The van der Waals surface area contributed by atoms with Crippen molar-refractivity contribution in [3.05, 3.63) is 24.3 Å². The van der Waals surface area contributed by atoms with Gasteiger partial charge in [0.25, 0.3) is 0 Å². The van der Waals surface area contributed by atoms with Crippen molar-refractivity contribution >= 4 is 11.9 Å².